The molecule has 96 valence electrons. The second-order valence-corrected chi connectivity index (χ2v) is 6.97. The number of hydrogen-bond acceptors (Lipinski definition) is 5. The number of methoxy groups -OCH3 is 1. The van der Waals surface area contributed by atoms with Crippen LogP contribution in [0, 0.1) is 0 Å². The van der Waals surface area contributed by atoms with E-state index in [1.165, 1.54) is 7.11 Å². The van der Waals surface area contributed by atoms with E-state index >= 15 is 0 Å². The van der Waals surface area contributed by atoms with Crippen molar-refractivity contribution in [3.8, 4) is 9.88 Å². The highest BCUT2D eigenvalue weighted by Gasteiger charge is 2.33. The van der Waals surface area contributed by atoms with E-state index < -0.39 is 5.41 Å². The van der Waals surface area contributed by atoms with Crippen LogP contribution in [0.4, 0.5) is 0 Å². The lowest BCUT2D eigenvalue weighted by atomic mass is 9.90. The zero-order chi connectivity index (χ0) is 13.3. The minimum atomic E-state index is -0.710. The molecule has 2 aromatic heterocycles. The summed E-state index contributed by atoms with van der Waals surface area (Å²) in [5.41, 5.74) is 0.0386. The van der Waals surface area contributed by atoms with Gasteiger partial charge < -0.3 is 4.74 Å². The molecule has 0 spiro atoms. The molecule has 0 bridgehead atoms. The Bertz CT molecular complexity index is 574. The molecule has 0 radical (unpaired) electrons. The highest BCUT2D eigenvalue weighted by atomic mass is 79.9. The van der Waals surface area contributed by atoms with Gasteiger partial charge in [-0.05, 0) is 35.8 Å². The molecule has 0 N–H and O–H groups in total. The van der Waals surface area contributed by atoms with Crippen molar-refractivity contribution < 1.29 is 9.53 Å². The number of esters is 1. The van der Waals surface area contributed by atoms with Crippen molar-refractivity contribution in [3.63, 3.8) is 0 Å². The first kappa shape index (κ1) is 13.7. The number of carbonyl (C=O) groups excluding carboxylic acids is 1. The molecule has 0 fully saturated rings. The molecule has 0 atom stereocenters. The fraction of sp³-hybridized carbons (Fsp3) is 0.333. The van der Waals surface area contributed by atoms with Gasteiger partial charge in [0.15, 0.2) is 0 Å². The first-order valence-corrected chi connectivity index (χ1v) is 7.79. The molecule has 0 saturated carbocycles. The van der Waals surface area contributed by atoms with E-state index in [1.807, 2.05) is 30.7 Å². The molecular weight excluding hydrogens is 334 g/mol. The molecule has 3 nitrogen and oxygen atoms in total. The third-order valence-electron chi connectivity index (χ3n) is 2.62. The number of nitrogens with zero attached hydrogens (tertiary/aromatic N) is 1. The Morgan fingerprint density at radius 3 is 2.67 bits per heavy atom. The van der Waals surface area contributed by atoms with Crippen LogP contribution in [-0.2, 0) is 14.9 Å². The van der Waals surface area contributed by atoms with Gasteiger partial charge in [0.05, 0.1) is 17.7 Å². The molecule has 18 heavy (non-hydrogen) atoms. The highest BCUT2D eigenvalue weighted by Crippen LogP contribution is 2.35. The van der Waals surface area contributed by atoms with Gasteiger partial charge in [0.1, 0.15) is 10.4 Å². The first-order chi connectivity index (χ1) is 8.45. The van der Waals surface area contributed by atoms with Crippen LogP contribution >= 0.6 is 38.6 Å². The smallest absolute Gasteiger partial charge is 0.317 e. The SMILES string of the molecule is COC(=O)C(C)(C)c1csc(-c2cc(Br)cs2)n1. The number of thiophene rings is 1. The monoisotopic (exact) mass is 345 g/mol. The predicted molar refractivity (Wildman–Crippen MR) is 78.2 cm³/mol. The minimum Gasteiger partial charge on any atom is -0.468 e. The Kier molecular flexibility index (Phi) is 3.89. The topological polar surface area (TPSA) is 39.2 Å². The summed E-state index contributed by atoms with van der Waals surface area (Å²) in [5, 5.41) is 4.86. The normalized spacial score (nSPS) is 11.6. The van der Waals surface area contributed by atoms with Crippen LogP contribution < -0.4 is 0 Å². The third-order valence-corrected chi connectivity index (χ3v) is 5.32. The molecule has 0 aliphatic heterocycles. The van der Waals surface area contributed by atoms with Gasteiger partial charge in [-0.3, -0.25) is 4.79 Å². The number of rotatable bonds is 3. The third kappa shape index (κ3) is 2.50. The maximum Gasteiger partial charge on any atom is 0.317 e. The Morgan fingerprint density at radius 1 is 1.39 bits per heavy atom. The molecule has 2 heterocycles. The van der Waals surface area contributed by atoms with Gasteiger partial charge in [-0.25, -0.2) is 4.98 Å². The molecule has 2 rings (SSSR count). The van der Waals surface area contributed by atoms with E-state index in [-0.39, 0.29) is 5.97 Å². The Morgan fingerprint density at radius 2 is 2.11 bits per heavy atom. The van der Waals surface area contributed by atoms with Crippen molar-refractivity contribution in [1.82, 2.24) is 4.98 Å². The van der Waals surface area contributed by atoms with Crippen LogP contribution in [-0.4, -0.2) is 18.1 Å². The second-order valence-electron chi connectivity index (χ2n) is 4.28. The summed E-state index contributed by atoms with van der Waals surface area (Å²) in [4.78, 5) is 17.4. The van der Waals surface area contributed by atoms with Gasteiger partial charge in [0.25, 0.3) is 0 Å². The molecule has 2 aromatic rings. The van der Waals surface area contributed by atoms with Crippen molar-refractivity contribution in [3.05, 3.63) is 27.0 Å². The van der Waals surface area contributed by atoms with Crippen molar-refractivity contribution in [2.24, 2.45) is 0 Å². The molecule has 6 heteroatoms. The Hall–Kier alpha value is -0.720. The average Bonchev–Trinajstić information content (AvgIpc) is 2.95. The Labute approximate surface area is 122 Å². The van der Waals surface area contributed by atoms with Crippen molar-refractivity contribution >= 4 is 44.6 Å². The van der Waals surface area contributed by atoms with E-state index in [0.717, 1.165) is 20.1 Å². The summed E-state index contributed by atoms with van der Waals surface area (Å²) in [6, 6.07) is 2.03. The number of ether oxygens (including phenoxy) is 1. The van der Waals surface area contributed by atoms with Crippen LogP contribution in [0.5, 0.6) is 0 Å². The van der Waals surface area contributed by atoms with Gasteiger partial charge >= 0.3 is 5.97 Å². The van der Waals surface area contributed by atoms with Crippen molar-refractivity contribution in [2.75, 3.05) is 7.11 Å². The lowest BCUT2D eigenvalue weighted by molar-refractivity contribution is -0.146. The lowest BCUT2D eigenvalue weighted by Crippen LogP contribution is -2.30. The van der Waals surface area contributed by atoms with Gasteiger partial charge in [-0.1, -0.05) is 0 Å². The molecule has 0 unspecified atom stereocenters. The molecule has 0 aliphatic rings. The van der Waals surface area contributed by atoms with Gasteiger partial charge in [0, 0.05) is 15.2 Å². The van der Waals surface area contributed by atoms with Crippen molar-refractivity contribution in [2.45, 2.75) is 19.3 Å². The van der Waals surface area contributed by atoms with E-state index in [0.29, 0.717) is 0 Å². The van der Waals surface area contributed by atoms with Crippen LogP contribution in [0.1, 0.15) is 19.5 Å². The van der Waals surface area contributed by atoms with E-state index in [9.17, 15) is 4.79 Å². The number of aromatic nitrogens is 1. The van der Waals surface area contributed by atoms with Gasteiger partial charge in [-0.2, -0.15) is 0 Å². The lowest BCUT2D eigenvalue weighted by Gasteiger charge is -2.18. The van der Waals surface area contributed by atoms with E-state index in [4.69, 9.17) is 4.74 Å². The van der Waals surface area contributed by atoms with Crippen molar-refractivity contribution in [1.29, 1.82) is 0 Å². The van der Waals surface area contributed by atoms with E-state index in [2.05, 4.69) is 20.9 Å². The average molecular weight is 346 g/mol. The largest absolute Gasteiger partial charge is 0.468 e. The number of halogens is 1. The first-order valence-electron chi connectivity index (χ1n) is 5.24. The summed E-state index contributed by atoms with van der Waals surface area (Å²) in [7, 11) is 1.40. The molecule has 0 saturated heterocycles. The van der Waals surface area contributed by atoms with Gasteiger partial charge in [0.2, 0.25) is 0 Å². The number of thiazole rings is 1. The number of hydrogen-bond donors (Lipinski definition) is 0. The number of carbonyl (C=O) groups is 1. The second kappa shape index (κ2) is 5.11. The Balaban J connectivity index is 2.33. The van der Waals surface area contributed by atoms with Crippen LogP contribution in [0.2, 0.25) is 0 Å². The zero-order valence-corrected chi connectivity index (χ0v) is 13.4. The maximum atomic E-state index is 11.7. The summed E-state index contributed by atoms with van der Waals surface area (Å²) in [6.07, 6.45) is 0. The van der Waals surface area contributed by atoms with Crippen LogP contribution in [0.3, 0.4) is 0 Å². The fourth-order valence-electron chi connectivity index (χ4n) is 1.46. The molecule has 0 amide bonds. The summed E-state index contributed by atoms with van der Waals surface area (Å²) in [6.45, 7) is 3.64. The van der Waals surface area contributed by atoms with Crippen LogP contribution in [0.15, 0.2) is 21.3 Å². The standard InChI is InChI=1S/C12H12BrNO2S2/c1-12(2,11(15)16-3)9-6-18-10(14-9)8-4-7(13)5-17-8/h4-6H,1-3H3. The summed E-state index contributed by atoms with van der Waals surface area (Å²) < 4.78 is 5.86. The minimum absolute atomic E-state index is 0.272. The predicted octanol–water partition coefficient (Wildman–Crippen LogP) is 4.08. The zero-order valence-electron chi connectivity index (χ0n) is 10.2. The van der Waals surface area contributed by atoms with Gasteiger partial charge in [-0.15, -0.1) is 22.7 Å². The molecular formula is C12H12BrNO2S2. The van der Waals surface area contributed by atoms with Crippen LogP contribution in [0.25, 0.3) is 9.88 Å². The van der Waals surface area contributed by atoms with E-state index in [1.54, 1.807) is 22.7 Å². The molecule has 0 aromatic carbocycles. The highest BCUT2D eigenvalue weighted by molar-refractivity contribution is 9.10. The molecule has 0 aliphatic carbocycles. The summed E-state index contributed by atoms with van der Waals surface area (Å²) >= 11 is 6.59. The summed E-state index contributed by atoms with van der Waals surface area (Å²) in [5.74, 6) is -0.272. The maximum absolute atomic E-state index is 11.7. The fourth-order valence-corrected chi connectivity index (χ4v) is 3.95. The quantitative estimate of drug-likeness (QED) is 0.786.